The summed E-state index contributed by atoms with van der Waals surface area (Å²) in [5.41, 5.74) is 5.67. The van der Waals surface area contributed by atoms with Gasteiger partial charge in [-0.25, -0.2) is 10.4 Å². The summed E-state index contributed by atoms with van der Waals surface area (Å²) in [5.74, 6) is 0. The van der Waals surface area contributed by atoms with Crippen LogP contribution in [0, 0.1) is 0 Å². The van der Waals surface area contributed by atoms with Gasteiger partial charge in [-0.3, -0.25) is 0 Å². The summed E-state index contributed by atoms with van der Waals surface area (Å²) in [5, 5.41) is 1.94. The minimum atomic E-state index is 1.00. The molecule has 0 rings (SSSR count). The first-order valence-corrected chi connectivity index (χ1v) is 2.44. The van der Waals surface area contributed by atoms with E-state index in [2.05, 4.69) is 17.9 Å². The average molecular weight is 103 g/mol. The van der Waals surface area contributed by atoms with Gasteiger partial charge in [-0.15, -0.1) is 0 Å². The molecule has 0 radical (unpaired) electrons. The summed E-state index contributed by atoms with van der Waals surface area (Å²) in [7, 11) is 3.81. The second-order valence-electron chi connectivity index (χ2n) is 1.38. The summed E-state index contributed by atoms with van der Waals surface area (Å²) >= 11 is 0. The fourth-order valence-corrected chi connectivity index (χ4v) is 0.270. The van der Waals surface area contributed by atoms with Crippen molar-refractivity contribution >= 4 is 0 Å². The highest BCUT2D eigenvalue weighted by Gasteiger charge is 1.83. The molecule has 0 aromatic carbocycles. The van der Waals surface area contributed by atoms with E-state index in [0.29, 0.717) is 0 Å². The van der Waals surface area contributed by atoms with Crippen LogP contribution in [0.3, 0.4) is 0 Å². The van der Waals surface area contributed by atoms with E-state index in [-0.39, 0.29) is 0 Å². The Labute approximate surface area is 44.6 Å². The monoisotopic (exact) mass is 103 g/mol. The van der Waals surface area contributed by atoms with Gasteiger partial charge in [0.15, 0.2) is 0 Å². The van der Waals surface area contributed by atoms with Gasteiger partial charge < -0.3 is 0 Å². The van der Waals surface area contributed by atoms with Crippen molar-refractivity contribution in [2.45, 2.75) is 6.92 Å². The lowest BCUT2D eigenvalue weighted by molar-refractivity contribution is 0.214. The van der Waals surface area contributed by atoms with Crippen molar-refractivity contribution in [3.05, 3.63) is 0 Å². The molecule has 0 aliphatic rings. The minimum Gasteiger partial charge on any atom is -0.247 e. The second kappa shape index (κ2) is 4.05. The molecule has 0 aromatic rings. The van der Waals surface area contributed by atoms with Crippen molar-refractivity contribution in [1.82, 2.24) is 16.0 Å². The minimum absolute atomic E-state index is 1.00. The van der Waals surface area contributed by atoms with E-state index in [4.69, 9.17) is 0 Å². The van der Waals surface area contributed by atoms with Crippen molar-refractivity contribution < 1.29 is 0 Å². The van der Waals surface area contributed by atoms with Crippen LogP contribution in [-0.4, -0.2) is 25.6 Å². The van der Waals surface area contributed by atoms with Crippen molar-refractivity contribution in [2.75, 3.05) is 20.6 Å². The molecule has 7 heavy (non-hydrogen) atoms. The maximum atomic E-state index is 2.88. The van der Waals surface area contributed by atoms with Crippen molar-refractivity contribution in [3.8, 4) is 0 Å². The molecule has 0 amide bonds. The molecule has 0 heterocycles. The topological polar surface area (TPSA) is 27.3 Å². The molecule has 0 aliphatic carbocycles. The predicted octanol–water partition coefficient (Wildman–Crippen LogP) is -0.423. The van der Waals surface area contributed by atoms with Crippen molar-refractivity contribution in [1.29, 1.82) is 0 Å². The first-order valence-electron chi connectivity index (χ1n) is 2.44. The average Bonchev–Trinajstić information content (AvgIpc) is 1.68. The largest absolute Gasteiger partial charge is 0.247 e. The van der Waals surface area contributed by atoms with Crippen LogP contribution in [0.4, 0.5) is 0 Å². The Kier molecular flexibility index (Phi) is 3.98. The standard InChI is InChI=1S/C4H13N3/c1-4-7(3)6-5-2/h5-6H,4H2,1-3H3. The highest BCUT2D eigenvalue weighted by Crippen LogP contribution is 1.64. The lowest BCUT2D eigenvalue weighted by Crippen LogP contribution is -2.42. The third kappa shape index (κ3) is 3.72. The summed E-state index contributed by atoms with van der Waals surface area (Å²) in [6.07, 6.45) is 0. The first-order chi connectivity index (χ1) is 3.31. The van der Waals surface area contributed by atoms with Crippen LogP contribution in [0.5, 0.6) is 0 Å². The van der Waals surface area contributed by atoms with Crippen LogP contribution in [0.1, 0.15) is 6.92 Å². The molecule has 3 nitrogen and oxygen atoms in total. The molecular formula is C4H13N3. The summed E-state index contributed by atoms with van der Waals surface area (Å²) in [4.78, 5) is 0. The lowest BCUT2D eigenvalue weighted by Gasteiger charge is -2.12. The van der Waals surface area contributed by atoms with Crippen molar-refractivity contribution in [2.24, 2.45) is 0 Å². The van der Waals surface area contributed by atoms with Crippen LogP contribution < -0.4 is 11.0 Å². The summed E-state index contributed by atoms with van der Waals surface area (Å²) in [6.45, 7) is 3.07. The Bertz CT molecular complexity index is 37.9. The summed E-state index contributed by atoms with van der Waals surface area (Å²) in [6, 6.07) is 0. The maximum absolute atomic E-state index is 2.88. The molecule has 0 aliphatic heterocycles. The van der Waals surface area contributed by atoms with Gasteiger partial charge in [-0.2, -0.15) is 5.53 Å². The SMILES string of the molecule is CCN(C)NNC. The van der Waals surface area contributed by atoms with Gasteiger partial charge in [0.25, 0.3) is 0 Å². The van der Waals surface area contributed by atoms with E-state index in [9.17, 15) is 0 Å². The van der Waals surface area contributed by atoms with Gasteiger partial charge in [0.1, 0.15) is 0 Å². The van der Waals surface area contributed by atoms with E-state index in [1.165, 1.54) is 0 Å². The van der Waals surface area contributed by atoms with Crippen LogP contribution >= 0.6 is 0 Å². The Morgan fingerprint density at radius 2 is 2.14 bits per heavy atom. The number of hydrazine groups is 2. The van der Waals surface area contributed by atoms with Crippen LogP contribution in [0.2, 0.25) is 0 Å². The molecule has 0 saturated heterocycles. The number of nitrogens with one attached hydrogen (secondary N) is 2. The molecule has 0 saturated carbocycles. The predicted molar refractivity (Wildman–Crippen MR) is 30.5 cm³/mol. The quantitative estimate of drug-likeness (QED) is 0.475. The molecule has 0 bridgehead atoms. The van der Waals surface area contributed by atoms with Crippen LogP contribution in [-0.2, 0) is 0 Å². The zero-order chi connectivity index (χ0) is 5.70. The number of hydrogen-bond donors (Lipinski definition) is 2. The van der Waals surface area contributed by atoms with Crippen LogP contribution in [0.15, 0.2) is 0 Å². The third-order valence-electron chi connectivity index (χ3n) is 0.777. The highest BCUT2D eigenvalue weighted by atomic mass is 15.7. The fourth-order valence-electron chi connectivity index (χ4n) is 0.270. The molecule has 0 spiro atoms. The molecular weight excluding hydrogens is 90.1 g/mol. The number of nitrogens with zero attached hydrogens (tertiary/aromatic N) is 1. The van der Waals surface area contributed by atoms with Gasteiger partial charge in [0.2, 0.25) is 0 Å². The molecule has 0 atom stereocenters. The number of hydrogen-bond acceptors (Lipinski definition) is 3. The van der Waals surface area contributed by atoms with Crippen LogP contribution in [0.25, 0.3) is 0 Å². The Morgan fingerprint density at radius 1 is 1.57 bits per heavy atom. The molecule has 2 N–H and O–H groups in total. The van der Waals surface area contributed by atoms with Gasteiger partial charge >= 0.3 is 0 Å². The van der Waals surface area contributed by atoms with E-state index >= 15 is 0 Å². The van der Waals surface area contributed by atoms with E-state index in [0.717, 1.165) is 6.54 Å². The van der Waals surface area contributed by atoms with E-state index in [1.54, 1.807) is 0 Å². The van der Waals surface area contributed by atoms with Crippen molar-refractivity contribution in [3.63, 3.8) is 0 Å². The lowest BCUT2D eigenvalue weighted by atomic mass is 10.7. The molecule has 0 fully saturated rings. The van der Waals surface area contributed by atoms with Gasteiger partial charge in [0.05, 0.1) is 0 Å². The Balaban J connectivity index is 2.83. The fraction of sp³-hybridized carbons (Fsp3) is 1.00. The first kappa shape index (κ1) is 6.88. The Hall–Kier alpha value is -0.120. The molecule has 3 heteroatoms. The maximum Gasteiger partial charge on any atom is 0.0112 e. The van der Waals surface area contributed by atoms with Gasteiger partial charge in [-0.05, 0) is 7.05 Å². The molecule has 0 aromatic heterocycles. The third-order valence-corrected chi connectivity index (χ3v) is 0.777. The second-order valence-corrected chi connectivity index (χ2v) is 1.38. The summed E-state index contributed by atoms with van der Waals surface area (Å²) < 4.78 is 0. The smallest absolute Gasteiger partial charge is 0.0112 e. The van der Waals surface area contributed by atoms with Gasteiger partial charge in [0, 0.05) is 13.6 Å². The van der Waals surface area contributed by atoms with E-state index in [1.807, 2.05) is 19.1 Å². The number of rotatable bonds is 3. The highest BCUT2D eigenvalue weighted by molar-refractivity contribution is 4.27. The van der Waals surface area contributed by atoms with E-state index < -0.39 is 0 Å². The Morgan fingerprint density at radius 3 is 2.29 bits per heavy atom. The normalized spacial score (nSPS) is 10.3. The molecule has 0 unspecified atom stereocenters. The van der Waals surface area contributed by atoms with Gasteiger partial charge in [-0.1, -0.05) is 6.92 Å². The zero-order valence-corrected chi connectivity index (χ0v) is 5.15. The molecule has 44 valence electrons. The zero-order valence-electron chi connectivity index (χ0n) is 5.15.